The molecule has 0 aliphatic heterocycles. The van der Waals surface area contributed by atoms with Gasteiger partial charge in [0.1, 0.15) is 6.54 Å². The first-order chi connectivity index (χ1) is 10.1. The molecule has 1 fully saturated rings. The van der Waals surface area contributed by atoms with E-state index in [1.165, 1.54) is 0 Å². The molecule has 0 aromatic carbocycles. The van der Waals surface area contributed by atoms with E-state index in [0.29, 0.717) is 6.54 Å². The van der Waals surface area contributed by atoms with Crippen molar-refractivity contribution in [2.75, 3.05) is 13.2 Å². The Kier molecular flexibility index (Phi) is 5.32. The number of nitrogens with one attached hydrogen (secondary N) is 2. The molecule has 1 aliphatic rings. The molecule has 7 nitrogen and oxygen atoms in total. The number of aliphatic hydroxyl groups excluding tert-OH is 1. The van der Waals surface area contributed by atoms with Crippen LogP contribution in [0.3, 0.4) is 0 Å². The highest BCUT2D eigenvalue weighted by Gasteiger charge is 2.24. The van der Waals surface area contributed by atoms with E-state index in [2.05, 4.69) is 10.4 Å². The third-order valence-electron chi connectivity index (χ3n) is 4.05. The summed E-state index contributed by atoms with van der Waals surface area (Å²) >= 11 is 0. The van der Waals surface area contributed by atoms with Crippen molar-refractivity contribution in [2.45, 2.75) is 32.2 Å². The number of amides is 1. The number of aromatic nitrogens is 2. The second-order valence-electron chi connectivity index (χ2n) is 5.53. The molecule has 21 heavy (non-hydrogen) atoms. The number of aromatic amines is 1. The van der Waals surface area contributed by atoms with Crippen molar-refractivity contribution in [3.8, 4) is 0 Å². The van der Waals surface area contributed by atoms with Crippen molar-refractivity contribution in [1.82, 2.24) is 15.1 Å². The Labute approximate surface area is 122 Å². The van der Waals surface area contributed by atoms with Gasteiger partial charge in [0.05, 0.1) is 0 Å². The van der Waals surface area contributed by atoms with Gasteiger partial charge in [0.2, 0.25) is 5.91 Å². The molecule has 1 aromatic heterocycles. The Hall–Kier alpha value is -1.89. The van der Waals surface area contributed by atoms with Gasteiger partial charge in [0, 0.05) is 25.3 Å². The van der Waals surface area contributed by atoms with Gasteiger partial charge in [-0.05, 0) is 24.7 Å². The average molecular weight is 295 g/mol. The van der Waals surface area contributed by atoms with Crippen LogP contribution in [0, 0.1) is 11.8 Å². The smallest absolute Gasteiger partial charge is 0.265 e. The summed E-state index contributed by atoms with van der Waals surface area (Å²) in [6.45, 7) is 0.438. The molecule has 116 valence electrons. The molecule has 0 bridgehead atoms. The summed E-state index contributed by atoms with van der Waals surface area (Å²) in [6.07, 6.45) is 4.22. The minimum absolute atomic E-state index is 0.145. The third kappa shape index (κ3) is 4.29. The molecule has 3 N–H and O–H groups in total. The quantitative estimate of drug-likeness (QED) is 0.678. The molecule has 0 saturated heterocycles. The van der Waals surface area contributed by atoms with Crippen LogP contribution in [-0.2, 0) is 11.3 Å². The number of hydrogen-bond acceptors (Lipinski definition) is 4. The lowest BCUT2D eigenvalue weighted by atomic mass is 9.79. The van der Waals surface area contributed by atoms with Gasteiger partial charge in [-0.15, -0.1) is 0 Å². The summed E-state index contributed by atoms with van der Waals surface area (Å²) in [5.74, 6) is 0.193. The van der Waals surface area contributed by atoms with Crippen LogP contribution >= 0.6 is 0 Å². The average Bonchev–Trinajstić information content (AvgIpc) is 2.49. The van der Waals surface area contributed by atoms with Crippen molar-refractivity contribution < 1.29 is 9.90 Å². The Balaban J connectivity index is 1.88. The minimum Gasteiger partial charge on any atom is -0.396 e. The fraction of sp³-hybridized carbons (Fsp3) is 0.643. The van der Waals surface area contributed by atoms with Gasteiger partial charge >= 0.3 is 0 Å². The highest BCUT2D eigenvalue weighted by molar-refractivity contribution is 5.75. The van der Waals surface area contributed by atoms with E-state index in [4.69, 9.17) is 0 Å². The fourth-order valence-corrected chi connectivity index (χ4v) is 2.82. The normalized spacial score (nSPS) is 22.0. The second-order valence-corrected chi connectivity index (χ2v) is 5.53. The summed E-state index contributed by atoms with van der Waals surface area (Å²) in [5, 5.41) is 14.4. The number of carbonyl (C=O) groups is 1. The molecule has 1 saturated carbocycles. The monoisotopic (exact) mass is 295 g/mol. The fourth-order valence-electron chi connectivity index (χ4n) is 2.82. The SMILES string of the molecule is O=C(Cn1[nH]c(=O)ccc1=O)NCC1CCCCC1CO. The molecular weight excluding hydrogens is 274 g/mol. The Morgan fingerprint density at radius 1 is 1.29 bits per heavy atom. The number of H-pyrrole nitrogens is 1. The standard InChI is InChI=1S/C14H21N3O4/c18-9-11-4-2-1-3-10(11)7-15-13(20)8-17-14(21)6-5-12(19)16-17/h5-6,10-11,18H,1-4,7-9H2,(H,15,20)(H,16,19). The van der Waals surface area contributed by atoms with E-state index in [1.54, 1.807) is 0 Å². The van der Waals surface area contributed by atoms with Crippen molar-refractivity contribution in [3.63, 3.8) is 0 Å². The summed E-state index contributed by atoms with van der Waals surface area (Å²) in [6, 6.07) is 2.26. The van der Waals surface area contributed by atoms with E-state index >= 15 is 0 Å². The summed E-state index contributed by atoms with van der Waals surface area (Å²) in [4.78, 5) is 34.5. The molecule has 1 aliphatic carbocycles. The summed E-state index contributed by atoms with van der Waals surface area (Å²) in [5.41, 5.74) is -0.842. The van der Waals surface area contributed by atoms with E-state index in [1.807, 2.05) is 0 Å². The molecule has 2 atom stereocenters. The van der Waals surface area contributed by atoms with Crippen LogP contribution in [-0.4, -0.2) is 33.9 Å². The molecule has 0 radical (unpaired) electrons. The maximum atomic E-state index is 11.9. The van der Waals surface area contributed by atoms with Gasteiger partial charge < -0.3 is 10.4 Å². The zero-order chi connectivity index (χ0) is 15.2. The van der Waals surface area contributed by atoms with Crippen molar-refractivity contribution in [2.24, 2.45) is 11.8 Å². The number of rotatable bonds is 5. The van der Waals surface area contributed by atoms with E-state index < -0.39 is 11.1 Å². The Morgan fingerprint density at radius 3 is 2.71 bits per heavy atom. The molecule has 2 unspecified atom stereocenters. The Morgan fingerprint density at radius 2 is 2.00 bits per heavy atom. The lowest BCUT2D eigenvalue weighted by molar-refractivity contribution is -0.122. The number of aliphatic hydroxyl groups is 1. The van der Waals surface area contributed by atoms with E-state index in [0.717, 1.165) is 42.5 Å². The first-order valence-corrected chi connectivity index (χ1v) is 7.28. The van der Waals surface area contributed by atoms with Crippen LogP contribution in [0.2, 0.25) is 0 Å². The van der Waals surface area contributed by atoms with Crippen LogP contribution in [0.5, 0.6) is 0 Å². The molecule has 7 heteroatoms. The molecule has 1 heterocycles. The highest BCUT2D eigenvalue weighted by Crippen LogP contribution is 2.28. The molecule has 1 aromatic rings. The van der Waals surface area contributed by atoms with Crippen LogP contribution in [0.1, 0.15) is 25.7 Å². The van der Waals surface area contributed by atoms with Crippen LogP contribution in [0.25, 0.3) is 0 Å². The number of carbonyl (C=O) groups excluding carboxylic acids is 1. The Bertz CT molecular complexity index is 592. The first kappa shape index (κ1) is 15.5. The summed E-state index contributed by atoms with van der Waals surface area (Å²) < 4.78 is 0.988. The first-order valence-electron chi connectivity index (χ1n) is 7.28. The number of hydrogen-bond donors (Lipinski definition) is 3. The topological polar surface area (TPSA) is 104 Å². The van der Waals surface area contributed by atoms with Crippen LogP contribution < -0.4 is 16.4 Å². The predicted molar refractivity (Wildman–Crippen MR) is 76.9 cm³/mol. The maximum Gasteiger partial charge on any atom is 0.265 e. The van der Waals surface area contributed by atoms with Gasteiger partial charge in [-0.25, -0.2) is 4.68 Å². The molecular formula is C14H21N3O4. The summed E-state index contributed by atoms with van der Waals surface area (Å²) in [7, 11) is 0. The minimum atomic E-state index is -0.421. The van der Waals surface area contributed by atoms with Crippen molar-refractivity contribution >= 4 is 5.91 Å². The molecule has 2 rings (SSSR count). The zero-order valence-corrected chi connectivity index (χ0v) is 11.9. The molecule has 1 amide bonds. The predicted octanol–water partition coefficient (Wildman–Crippen LogP) is -0.548. The van der Waals surface area contributed by atoms with Gasteiger partial charge in [0.15, 0.2) is 0 Å². The van der Waals surface area contributed by atoms with Gasteiger partial charge in [0.25, 0.3) is 11.1 Å². The zero-order valence-electron chi connectivity index (χ0n) is 11.9. The van der Waals surface area contributed by atoms with Crippen LogP contribution in [0.4, 0.5) is 0 Å². The largest absolute Gasteiger partial charge is 0.396 e. The maximum absolute atomic E-state index is 11.9. The lowest BCUT2D eigenvalue weighted by Gasteiger charge is -2.30. The van der Waals surface area contributed by atoms with Gasteiger partial charge in [-0.3, -0.25) is 19.5 Å². The second kappa shape index (κ2) is 7.21. The highest BCUT2D eigenvalue weighted by atomic mass is 16.3. The van der Waals surface area contributed by atoms with Gasteiger partial charge in [-0.1, -0.05) is 12.8 Å². The van der Waals surface area contributed by atoms with Gasteiger partial charge in [-0.2, -0.15) is 0 Å². The third-order valence-corrected chi connectivity index (χ3v) is 4.05. The van der Waals surface area contributed by atoms with Crippen LogP contribution in [0.15, 0.2) is 21.7 Å². The van der Waals surface area contributed by atoms with Crippen molar-refractivity contribution in [3.05, 3.63) is 32.8 Å². The number of nitrogens with zero attached hydrogens (tertiary/aromatic N) is 1. The van der Waals surface area contributed by atoms with E-state index in [9.17, 15) is 19.5 Å². The molecule has 0 spiro atoms. The van der Waals surface area contributed by atoms with E-state index in [-0.39, 0.29) is 30.9 Å². The lowest BCUT2D eigenvalue weighted by Crippen LogP contribution is -2.39. The van der Waals surface area contributed by atoms with Crippen molar-refractivity contribution in [1.29, 1.82) is 0 Å².